The summed E-state index contributed by atoms with van der Waals surface area (Å²) in [5.74, 6) is 0.626. The van der Waals surface area contributed by atoms with Gasteiger partial charge in [-0.25, -0.2) is 24.5 Å². The first-order valence-corrected chi connectivity index (χ1v) is 14.3. The molecule has 2 aromatic heterocycles. The van der Waals surface area contributed by atoms with Gasteiger partial charge in [0.2, 0.25) is 7.50 Å². The van der Waals surface area contributed by atoms with E-state index in [1.54, 1.807) is 46.1 Å². The number of imide groups is 1. The van der Waals surface area contributed by atoms with Crippen molar-refractivity contribution < 1.29 is 28.3 Å². The van der Waals surface area contributed by atoms with Crippen molar-refractivity contribution in [2.75, 3.05) is 11.2 Å². The van der Waals surface area contributed by atoms with Crippen molar-refractivity contribution in [3.05, 3.63) is 43.0 Å². The molecule has 0 aliphatic heterocycles. The van der Waals surface area contributed by atoms with Crippen molar-refractivity contribution in [1.29, 1.82) is 0 Å². The van der Waals surface area contributed by atoms with Gasteiger partial charge in [0.05, 0.1) is 19.0 Å². The van der Waals surface area contributed by atoms with E-state index in [1.807, 2.05) is 37.3 Å². The maximum absolute atomic E-state index is 13.1. The standard InChI is InChI=1S/C25H33ClN5O6P/c1-17(34-16-38(26)37-18-11-9-8-10-12-18)13-30-15-29-19-20(30)27-14-28-21(19)31(22(32)35-24(2,3)4)23(33)36-25(5,6)7/h8-12,14-15,17H,13,16H2,1-7H3. The molecule has 0 bridgehead atoms. The van der Waals surface area contributed by atoms with Crippen molar-refractivity contribution in [1.82, 2.24) is 19.5 Å². The number of halogens is 1. The topological polar surface area (TPSA) is 118 Å². The molecule has 1 aromatic carbocycles. The Hall–Kier alpha value is -3.01. The third-order valence-corrected chi connectivity index (χ3v) is 5.87. The summed E-state index contributed by atoms with van der Waals surface area (Å²) >= 11 is 6.33. The Morgan fingerprint density at radius 1 is 1.00 bits per heavy atom. The normalized spacial score (nSPS) is 13.6. The van der Waals surface area contributed by atoms with Gasteiger partial charge < -0.3 is 23.3 Å². The third-order valence-electron chi connectivity index (χ3n) is 4.61. The number of imidazole rings is 1. The van der Waals surface area contributed by atoms with Gasteiger partial charge in [0.1, 0.15) is 29.6 Å². The third kappa shape index (κ3) is 8.51. The number of hydrogen-bond donors (Lipinski definition) is 0. The van der Waals surface area contributed by atoms with Crippen molar-refractivity contribution in [3.8, 4) is 5.75 Å². The molecule has 206 valence electrons. The van der Waals surface area contributed by atoms with Gasteiger partial charge in [0.25, 0.3) is 0 Å². The molecule has 2 atom stereocenters. The molecule has 0 saturated carbocycles. The molecule has 0 aliphatic rings. The highest BCUT2D eigenvalue weighted by atomic mass is 35.7. The lowest BCUT2D eigenvalue weighted by Gasteiger charge is -2.28. The summed E-state index contributed by atoms with van der Waals surface area (Å²) in [6.45, 7) is 12.4. The fraction of sp³-hybridized carbons (Fsp3) is 0.480. The van der Waals surface area contributed by atoms with Gasteiger partial charge in [-0.2, -0.15) is 4.90 Å². The van der Waals surface area contributed by atoms with E-state index in [1.165, 1.54) is 12.7 Å². The minimum absolute atomic E-state index is 0.0497. The SMILES string of the molecule is CC(Cn1cnc2c(N(C(=O)OC(C)(C)C)C(=O)OC(C)(C)C)ncnc21)OCP(Cl)Oc1ccccc1. The van der Waals surface area contributed by atoms with Crippen LogP contribution in [-0.4, -0.2) is 55.4 Å². The Labute approximate surface area is 228 Å². The molecule has 0 saturated heterocycles. The predicted octanol–water partition coefficient (Wildman–Crippen LogP) is 6.50. The second-order valence-electron chi connectivity index (χ2n) is 10.4. The van der Waals surface area contributed by atoms with Gasteiger partial charge >= 0.3 is 12.2 Å². The van der Waals surface area contributed by atoms with Crippen LogP contribution >= 0.6 is 18.7 Å². The van der Waals surface area contributed by atoms with Crippen LogP contribution in [0.15, 0.2) is 43.0 Å². The van der Waals surface area contributed by atoms with Crippen LogP contribution in [0.3, 0.4) is 0 Å². The van der Waals surface area contributed by atoms with Gasteiger partial charge in [-0.1, -0.05) is 18.2 Å². The van der Waals surface area contributed by atoms with E-state index in [-0.39, 0.29) is 23.8 Å². The quantitative estimate of drug-likeness (QED) is 0.282. The number of carbonyl (C=O) groups excluding carboxylic acids is 2. The lowest BCUT2D eigenvalue weighted by atomic mass is 10.2. The number of amides is 2. The lowest BCUT2D eigenvalue weighted by molar-refractivity contribution is 0.0429. The number of benzene rings is 1. The van der Waals surface area contributed by atoms with E-state index < -0.39 is 30.9 Å². The van der Waals surface area contributed by atoms with Crippen LogP contribution in [0.5, 0.6) is 5.75 Å². The average molecular weight is 566 g/mol. The van der Waals surface area contributed by atoms with Crippen molar-refractivity contribution in [2.45, 2.75) is 72.3 Å². The van der Waals surface area contributed by atoms with Crippen molar-refractivity contribution in [2.24, 2.45) is 0 Å². The number of aromatic nitrogens is 4. The second-order valence-corrected chi connectivity index (χ2v) is 12.6. The fourth-order valence-electron chi connectivity index (χ4n) is 3.17. The summed E-state index contributed by atoms with van der Waals surface area (Å²) in [7, 11) is -1.35. The highest BCUT2D eigenvalue weighted by Gasteiger charge is 2.35. The summed E-state index contributed by atoms with van der Waals surface area (Å²) in [5.41, 5.74) is -1.09. The molecule has 11 nitrogen and oxygen atoms in total. The zero-order valence-corrected chi connectivity index (χ0v) is 24.2. The number of ether oxygens (including phenoxy) is 3. The zero-order valence-electron chi connectivity index (χ0n) is 22.5. The molecule has 38 heavy (non-hydrogen) atoms. The monoisotopic (exact) mass is 565 g/mol. The summed E-state index contributed by atoms with van der Waals surface area (Å²) in [4.78, 5) is 39.7. The van der Waals surface area contributed by atoms with E-state index in [4.69, 9.17) is 30.0 Å². The number of rotatable bonds is 8. The van der Waals surface area contributed by atoms with E-state index in [2.05, 4.69) is 15.0 Å². The molecule has 2 heterocycles. The molecular weight excluding hydrogens is 533 g/mol. The van der Waals surface area contributed by atoms with Gasteiger partial charge in [-0.15, -0.1) is 0 Å². The Kier molecular flexibility index (Phi) is 9.51. The molecule has 0 aliphatic carbocycles. The highest BCUT2D eigenvalue weighted by Crippen LogP contribution is 2.43. The lowest BCUT2D eigenvalue weighted by Crippen LogP contribution is -2.44. The van der Waals surface area contributed by atoms with Crippen LogP contribution in [0.2, 0.25) is 0 Å². The Morgan fingerprint density at radius 3 is 2.18 bits per heavy atom. The second kappa shape index (κ2) is 12.2. The zero-order chi connectivity index (χ0) is 28.1. The fourth-order valence-corrected chi connectivity index (χ4v) is 4.35. The minimum atomic E-state index is -1.35. The number of hydrogen-bond acceptors (Lipinski definition) is 9. The number of anilines is 1. The first-order chi connectivity index (χ1) is 17.7. The molecule has 3 aromatic rings. The summed E-state index contributed by atoms with van der Waals surface area (Å²) in [6.07, 6.45) is 0.843. The van der Waals surface area contributed by atoms with Crippen LogP contribution in [0, 0.1) is 0 Å². The van der Waals surface area contributed by atoms with Gasteiger partial charge in [0, 0.05) is 0 Å². The Bertz CT molecular complexity index is 1220. The number of carbonyl (C=O) groups is 2. The maximum Gasteiger partial charge on any atom is 0.425 e. The average Bonchev–Trinajstić information content (AvgIpc) is 3.19. The molecule has 0 N–H and O–H groups in total. The van der Waals surface area contributed by atoms with Crippen LogP contribution in [0.4, 0.5) is 15.4 Å². The Morgan fingerprint density at radius 2 is 1.61 bits per heavy atom. The number of nitrogens with zero attached hydrogens (tertiary/aromatic N) is 5. The van der Waals surface area contributed by atoms with Crippen molar-refractivity contribution >= 4 is 47.9 Å². The first kappa shape index (κ1) is 29.5. The largest absolute Gasteiger partial charge is 0.455 e. The smallest absolute Gasteiger partial charge is 0.425 e. The molecule has 2 amide bonds. The van der Waals surface area contributed by atoms with Crippen LogP contribution < -0.4 is 9.42 Å². The Balaban J connectivity index is 1.78. The van der Waals surface area contributed by atoms with Crippen LogP contribution in [-0.2, 0) is 20.8 Å². The first-order valence-electron chi connectivity index (χ1n) is 11.9. The summed E-state index contributed by atoms with van der Waals surface area (Å²) < 4.78 is 24.2. The molecule has 3 rings (SSSR count). The van der Waals surface area contributed by atoms with Gasteiger partial charge in [0.15, 0.2) is 17.0 Å². The summed E-state index contributed by atoms with van der Waals surface area (Å²) in [6, 6.07) is 9.28. The van der Waals surface area contributed by atoms with E-state index in [0.29, 0.717) is 17.9 Å². The van der Waals surface area contributed by atoms with Crippen molar-refractivity contribution in [3.63, 3.8) is 0 Å². The number of para-hydroxylation sites is 1. The van der Waals surface area contributed by atoms with E-state index >= 15 is 0 Å². The molecular formula is C25H33ClN5O6P. The molecule has 0 spiro atoms. The number of fused-ring (bicyclic) bond motifs is 1. The molecule has 0 fully saturated rings. The molecule has 2 unspecified atom stereocenters. The maximum atomic E-state index is 13.1. The molecule has 13 heteroatoms. The van der Waals surface area contributed by atoms with E-state index in [0.717, 1.165) is 4.90 Å². The minimum Gasteiger partial charge on any atom is -0.455 e. The predicted molar refractivity (Wildman–Crippen MR) is 146 cm³/mol. The summed E-state index contributed by atoms with van der Waals surface area (Å²) in [5, 5.41) is 0. The highest BCUT2D eigenvalue weighted by molar-refractivity contribution is 7.80. The molecule has 0 radical (unpaired) electrons. The van der Waals surface area contributed by atoms with Crippen LogP contribution in [0.25, 0.3) is 11.2 Å². The van der Waals surface area contributed by atoms with Gasteiger partial charge in [-0.05, 0) is 71.8 Å². The van der Waals surface area contributed by atoms with E-state index in [9.17, 15) is 9.59 Å². The van der Waals surface area contributed by atoms with Gasteiger partial charge in [-0.3, -0.25) is 0 Å². The van der Waals surface area contributed by atoms with Crippen LogP contribution in [0.1, 0.15) is 48.5 Å².